The van der Waals surface area contributed by atoms with E-state index in [0.29, 0.717) is 6.54 Å². The lowest BCUT2D eigenvalue weighted by Gasteiger charge is -2.44. The topological polar surface area (TPSA) is 64.4 Å². The van der Waals surface area contributed by atoms with Crippen LogP contribution in [0.3, 0.4) is 0 Å². The quantitative estimate of drug-likeness (QED) is 0.579. The van der Waals surface area contributed by atoms with E-state index in [1.807, 2.05) is 26.0 Å². The van der Waals surface area contributed by atoms with E-state index in [9.17, 15) is 9.90 Å². The van der Waals surface area contributed by atoms with E-state index in [1.54, 1.807) is 10.7 Å². The molecule has 1 heterocycles. The molecule has 1 N–H and O–H groups in total. The Hall–Kier alpha value is -2.70. The van der Waals surface area contributed by atoms with Gasteiger partial charge in [-0.3, -0.25) is 4.68 Å². The molecule has 0 fully saturated rings. The van der Waals surface area contributed by atoms with Gasteiger partial charge in [-0.15, -0.1) is 0 Å². The Kier molecular flexibility index (Phi) is 6.29. The van der Waals surface area contributed by atoms with Crippen molar-refractivity contribution in [3.05, 3.63) is 78.1 Å². The first-order valence-electron chi connectivity index (χ1n) is 10.3. The summed E-state index contributed by atoms with van der Waals surface area (Å²) in [4.78, 5) is 11.5. The first-order valence-corrected chi connectivity index (χ1v) is 12.2. The maximum absolute atomic E-state index is 11.5. The molecule has 0 radical (unpaired) electrons. The summed E-state index contributed by atoms with van der Waals surface area (Å²) < 4.78 is 8.81. The first-order chi connectivity index (χ1) is 14.2. The Labute approximate surface area is 179 Å². The molecule has 0 spiro atoms. The average Bonchev–Trinajstić information content (AvgIpc) is 3.17. The molecule has 5 nitrogen and oxygen atoms in total. The molecule has 30 heavy (non-hydrogen) atoms. The van der Waals surface area contributed by atoms with Crippen LogP contribution in [0.1, 0.15) is 56.9 Å². The van der Waals surface area contributed by atoms with Gasteiger partial charge in [-0.05, 0) is 35.3 Å². The molecule has 0 bridgehead atoms. The zero-order valence-corrected chi connectivity index (χ0v) is 19.3. The molecule has 3 rings (SSSR count). The molecule has 0 aliphatic heterocycles. The standard InChI is InChI=1S/C24H30N2O3Si/c1-6-26-22(17-21(25-26)23(27)28)18(2)29-30(24(3,4)5,19-13-9-7-10-14-19)20-15-11-8-12-16-20/h7-18H,6H2,1-5H3,(H,27,28)/t18-/m1/s1. The summed E-state index contributed by atoms with van der Waals surface area (Å²) in [5.41, 5.74) is 0.827. The van der Waals surface area contributed by atoms with Crippen molar-refractivity contribution in [2.24, 2.45) is 0 Å². The Morgan fingerprint density at radius 2 is 1.57 bits per heavy atom. The highest BCUT2D eigenvalue weighted by molar-refractivity contribution is 6.99. The fraction of sp³-hybridized carbons (Fsp3) is 0.333. The van der Waals surface area contributed by atoms with Crippen LogP contribution in [0.5, 0.6) is 0 Å². The zero-order chi connectivity index (χ0) is 21.9. The maximum Gasteiger partial charge on any atom is 0.356 e. The molecule has 6 heteroatoms. The Bertz CT molecular complexity index is 955. The smallest absolute Gasteiger partial charge is 0.356 e. The Morgan fingerprint density at radius 3 is 1.97 bits per heavy atom. The SMILES string of the molecule is CCn1nc(C(=O)O)cc1[C@@H](C)O[Si](c1ccccc1)(c1ccccc1)C(C)(C)C. The van der Waals surface area contributed by atoms with Gasteiger partial charge in [-0.1, -0.05) is 81.4 Å². The highest BCUT2D eigenvalue weighted by Gasteiger charge is 2.51. The Morgan fingerprint density at radius 1 is 1.07 bits per heavy atom. The summed E-state index contributed by atoms with van der Waals surface area (Å²) in [6.45, 7) is 11.2. The number of carbonyl (C=O) groups is 1. The molecule has 1 atom stereocenters. The molecular weight excluding hydrogens is 392 g/mol. The number of aryl methyl sites for hydroxylation is 1. The van der Waals surface area contributed by atoms with Gasteiger partial charge in [0.25, 0.3) is 8.32 Å². The van der Waals surface area contributed by atoms with Crippen LogP contribution in [-0.4, -0.2) is 29.2 Å². The van der Waals surface area contributed by atoms with Gasteiger partial charge < -0.3 is 9.53 Å². The molecular formula is C24H30N2O3Si. The number of benzene rings is 2. The van der Waals surface area contributed by atoms with Gasteiger partial charge in [0.1, 0.15) is 0 Å². The molecule has 1 aromatic heterocycles. The van der Waals surface area contributed by atoms with E-state index >= 15 is 0 Å². The van der Waals surface area contributed by atoms with Crippen LogP contribution >= 0.6 is 0 Å². The summed E-state index contributed by atoms with van der Waals surface area (Å²) >= 11 is 0. The highest BCUT2D eigenvalue weighted by atomic mass is 28.4. The van der Waals surface area contributed by atoms with Crippen molar-refractivity contribution in [2.45, 2.75) is 52.3 Å². The van der Waals surface area contributed by atoms with Gasteiger partial charge >= 0.3 is 5.97 Å². The number of carboxylic acid groups (broad SMARTS) is 1. The summed E-state index contributed by atoms with van der Waals surface area (Å²) in [6.07, 6.45) is -0.322. The minimum atomic E-state index is -2.74. The van der Waals surface area contributed by atoms with E-state index in [-0.39, 0.29) is 16.8 Å². The molecule has 0 aliphatic rings. The number of aromatic nitrogens is 2. The molecule has 3 aromatic rings. The molecule has 158 valence electrons. The van der Waals surface area contributed by atoms with Gasteiger partial charge in [0, 0.05) is 6.54 Å². The predicted octanol–water partition coefficient (Wildman–Crippen LogP) is 4.24. The Balaban J connectivity index is 2.18. The number of hydrogen-bond donors (Lipinski definition) is 1. The second kappa shape index (κ2) is 8.58. The van der Waals surface area contributed by atoms with Gasteiger partial charge in [0.05, 0.1) is 11.8 Å². The van der Waals surface area contributed by atoms with Crippen LogP contribution in [0.15, 0.2) is 66.7 Å². The van der Waals surface area contributed by atoms with Crippen LogP contribution < -0.4 is 10.4 Å². The summed E-state index contributed by atoms with van der Waals surface area (Å²) in [5.74, 6) is -1.03. The van der Waals surface area contributed by atoms with E-state index in [2.05, 4.69) is 74.4 Å². The largest absolute Gasteiger partial charge is 0.476 e. The molecule has 0 amide bonds. The van der Waals surface area contributed by atoms with E-state index in [4.69, 9.17) is 4.43 Å². The van der Waals surface area contributed by atoms with Crippen LogP contribution in [-0.2, 0) is 11.0 Å². The van der Waals surface area contributed by atoms with Crippen LogP contribution in [0.2, 0.25) is 5.04 Å². The van der Waals surface area contributed by atoms with E-state index < -0.39 is 14.3 Å². The monoisotopic (exact) mass is 422 g/mol. The lowest BCUT2D eigenvalue weighted by atomic mass is 10.2. The van der Waals surface area contributed by atoms with Gasteiger partial charge in [-0.2, -0.15) is 5.10 Å². The zero-order valence-electron chi connectivity index (χ0n) is 18.3. The van der Waals surface area contributed by atoms with Gasteiger partial charge in [-0.25, -0.2) is 4.79 Å². The summed E-state index contributed by atoms with van der Waals surface area (Å²) in [6, 6.07) is 22.5. The average molecular weight is 423 g/mol. The van der Waals surface area contributed by atoms with Crippen LogP contribution in [0.4, 0.5) is 0 Å². The van der Waals surface area contributed by atoms with E-state index in [0.717, 1.165) is 5.69 Å². The number of aromatic carboxylic acids is 1. The van der Waals surface area contributed by atoms with Crippen LogP contribution in [0.25, 0.3) is 0 Å². The maximum atomic E-state index is 11.5. The minimum Gasteiger partial charge on any atom is -0.476 e. The van der Waals surface area contributed by atoms with Crippen LogP contribution in [0, 0.1) is 0 Å². The summed E-state index contributed by atoms with van der Waals surface area (Å²) in [5, 5.41) is 15.9. The van der Waals surface area contributed by atoms with Crippen molar-refractivity contribution in [1.29, 1.82) is 0 Å². The molecule has 0 saturated heterocycles. The van der Waals surface area contributed by atoms with Gasteiger partial charge in [0.2, 0.25) is 0 Å². The molecule has 2 aromatic carbocycles. The molecule has 0 unspecified atom stereocenters. The van der Waals surface area contributed by atoms with Crippen molar-refractivity contribution in [2.75, 3.05) is 0 Å². The van der Waals surface area contributed by atoms with Crippen molar-refractivity contribution < 1.29 is 14.3 Å². The summed E-state index contributed by atoms with van der Waals surface area (Å²) in [7, 11) is -2.74. The highest BCUT2D eigenvalue weighted by Crippen LogP contribution is 2.39. The normalized spacial score (nSPS) is 13.2. The fourth-order valence-corrected chi connectivity index (χ4v) is 8.80. The van der Waals surface area contributed by atoms with Crippen molar-refractivity contribution in [3.63, 3.8) is 0 Å². The lowest BCUT2D eigenvalue weighted by Crippen LogP contribution is -2.66. The number of rotatable bonds is 7. The van der Waals surface area contributed by atoms with Gasteiger partial charge in [0.15, 0.2) is 5.69 Å². The predicted molar refractivity (Wildman–Crippen MR) is 122 cm³/mol. The minimum absolute atomic E-state index is 0.0461. The first kappa shape index (κ1) is 22.0. The number of carboxylic acids is 1. The molecule has 0 aliphatic carbocycles. The van der Waals surface area contributed by atoms with Crippen molar-refractivity contribution >= 4 is 24.7 Å². The third-order valence-corrected chi connectivity index (χ3v) is 10.6. The second-order valence-electron chi connectivity index (χ2n) is 8.50. The third-order valence-electron chi connectivity index (χ3n) is 5.52. The number of hydrogen-bond acceptors (Lipinski definition) is 3. The third kappa shape index (κ3) is 3.97. The van der Waals surface area contributed by atoms with E-state index in [1.165, 1.54) is 10.4 Å². The van der Waals surface area contributed by atoms with Crippen molar-refractivity contribution in [1.82, 2.24) is 9.78 Å². The second-order valence-corrected chi connectivity index (χ2v) is 12.8. The number of nitrogens with zero attached hydrogens (tertiary/aromatic N) is 2. The van der Waals surface area contributed by atoms with Crippen molar-refractivity contribution in [3.8, 4) is 0 Å². The fourth-order valence-electron chi connectivity index (χ4n) is 4.13. The lowest BCUT2D eigenvalue weighted by molar-refractivity contribution is 0.0689. The molecule has 0 saturated carbocycles.